The average molecular weight is 228 g/mol. The summed E-state index contributed by atoms with van der Waals surface area (Å²) in [7, 11) is 0. The van der Waals surface area contributed by atoms with Gasteiger partial charge >= 0.3 is 5.97 Å². The molecule has 7 heteroatoms. The van der Waals surface area contributed by atoms with Crippen molar-refractivity contribution < 1.29 is 14.6 Å². The Balaban J connectivity index is 2.27. The molecule has 90 valence electrons. The van der Waals surface area contributed by atoms with Crippen LogP contribution in [0.5, 0.6) is 0 Å². The molecule has 1 aliphatic rings. The van der Waals surface area contributed by atoms with E-state index in [0.29, 0.717) is 26.1 Å². The Morgan fingerprint density at radius 2 is 2.56 bits per heavy atom. The standard InChI is InChI=1S/C9H16N4O3/c10-13-12-5-2-4-11-8(9(14)15)7-3-1-6-16-7/h7-8,11H,1-6H2,(H,14,15). The van der Waals surface area contributed by atoms with Gasteiger partial charge in [-0.2, -0.15) is 0 Å². The molecule has 1 rings (SSSR count). The van der Waals surface area contributed by atoms with Crippen molar-refractivity contribution in [2.75, 3.05) is 19.7 Å². The molecule has 2 atom stereocenters. The molecule has 0 aliphatic carbocycles. The van der Waals surface area contributed by atoms with E-state index >= 15 is 0 Å². The lowest BCUT2D eigenvalue weighted by Crippen LogP contribution is -2.46. The summed E-state index contributed by atoms with van der Waals surface area (Å²) in [6.45, 7) is 1.52. The fraction of sp³-hybridized carbons (Fsp3) is 0.889. The number of nitrogens with one attached hydrogen (secondary N) is 1. The zero-order valence-corrected chi connectivity index (χ0v) is 9.00. The Labute approximate surface area is 93.4 Å². The van der Waals surface area contributed by atoms with Gasteiger partial charge in [-0.15, -0.1) is 0 Å². The molecule has 2 N–H and O–H groups in total. The molecule has 0 aromatic heterocycles. The zero-order valence-electron chi connectivity index (χ0n) is 9.00. The molecule has 1 heterocycles. The topological polar surface area (TPSA) is 107 Å². The Bertz CT molecular complexity index is 272. The second-order valence-electron chi connectivity index (χ2n) is 3.63. The fourth-order valence-electron chi connectivity index (χ4n) is 1.70. The number of hydrogen-bond donors (Lipinski definition) is 2. The first-order valence-corrected chi connectivity index (χ1v) is 5.34. The SMILES string of the molecule is [N-]=[N+]=NCCCNC(C(=O)O)C1CCCO1. The minimum absolute atomic E-state index is 0.239. The minimum Gasteiger partial charge on any atom is -0.480 e. The van der Waals surface area contributed by atoms with E-state index < -0.39 is 12.0 Å². The van der Waals surface area contributed by atoms with Crippen LogP contribution >= 0.6 is 0 Å². The third-order valence-electron chi connectivity index (χ3n) is 2.47. The van der Waals surface area contributed by atoms with Crippen molar-refractivity contribution in [1.82, 2.24) is 5.32 Å². The Morgan fingerprint density at radius 1 is 1.75 bits per heavy atom. The summed E-state index contributed by atoms with van der Waals surface area (Å²) in [5, 5.41) is 15.3. The number of nitrogens with zero attached hydrogens (tertiary/aromatic N) is 3. The number of carboxylic acid groups (broad SMARTS) is 1. The van der Waals surface area contributed by atoms with Gasteiger partial charge in [-0.3, -0.25) is 4.79 Å². The first-order valence-electron chi connectivity index (χ1n) is 5.34. The van der Waals surface area contributed by atoms with Crippen molar-refractivity contribution in [1.29, 1.82) is 0 Å². The fourth-order valence-corrected chi connectivity index (χ4v) is 1.70. The maximum atomic E-state index is 11.0. The molecule has 1 fully saturated rings. The van der Waals surface area contributed by atoms with E-state index in [0.717, 1.165) is 12.8 Å². The number of aliphatic carboxylic acids is 1. The molecule has 7 nitrogen and oxygen atoms in total. The van der Waals surface area contributed by atoms with Crippen LogP contribution in [0.15, 0.2) is 5.11 Å². The first kappa shape index (κ1) is 12.8. The van der Waals surface area contributed by atoms with Gasteiger partial charge in [0.1, 0.15) is 6.04 Å². The van der Waals surface area contributed by atoms with Crippen LogP contribution in [0.3, 0.4) is 0 Å². The predicted molar refractivity (Wildman–Crippen MR) is 57.0 cm³/mol. The monoisotopic (exact) mass is 228 g/mol. The van der Waals surface area contributed by atoms with Crippen LogP contribution in [0.1, 0.15) is 19.3 Å². The number of carbonyl (C=O) groups is 1. The van der Waals surface area contributed by atoms with Gasteiger partial charge in [0.05, 0.1) is 6.10 Å². The molecular weight excluding hydrogens is 212 g/mol. The molecule has 0 aromatic rings. The molecule has 0 amide bonds. The Kier molecular flexibility index (Phi) is 5.63. The summed E-state index contributed by atoms with van der Waals surface area (Å²) >= 11 is 0. The highest BCUT2D eigenvalue weighted by molar-refractivity contribution is 5.74. The van der Waals surface area contributed by atoms with Crippen LogP contribution in [0.4, 0.5) is 0 Å². The minimum atomic E-state index is -0.893. The second kappa shape index (κ2) is 7.05. The van der Waals surface area contributed by atoms with E-state index in [4.69, 9.17) is 15.4 Å². The summed E-state index contributed by atoms with van der Waals surface area (Å²) in [4.78, 5) is 13.6. The number of azide groups is 1. The highest BCUT2D eigenvalue weighted by atomic mass is 16.5. The van der Waals surface area contributed by atoms with Gasteiger partial charge in [0.15, 0.2) is 0 Å². The van der Waals surface area contributed by atoms with E-state index in [1.807, 2.05) is 0 Å². The Morgan fingerprint density at radius 3 is 3.12 bits per heavy atom. The molecule has 16 heavy (non-hydrogen) atoms. The van der Waals surface area contributed by atoms with E-state index in [9.17, 15) is 4.79 Å². The Hall–Kier alpha value is -1.30. The van der Waals surface area contributed by atoms with E-state index in [1.165, 1.54) is 0 Å². The van der Waals surface area contributed by atoms with E-state index in [-0.39, 0.29) is 6.10 Å². The van der Waals surface area contributed by atoms with Gasteiger partial charge in [-0.25, -0.2) is 0 Å². The van der Waals surface area contributed by atoms with Crippen molar-refractivity contribution in [3.05, 3.63) is 10.4 Å². The lowest BCUT2D eigenvalue weighted by Gasteiger charge is -2.19. The smallest absolute Gasteiger partial charge is 0.323 e. The van der Waals surface area contributed by atoms with E-state index in [2.05, 4.69) is 15.3 Å². The van der Waals surface area contributed by atoms with Gasteiger partial charge in [0.2, 0.25) is 0 Å². The van der Waals surface area contributed by atoms with Crippen LogP contribution in [-0.4, -0.2) is 42.9 Å². The molecule has 2 unspecified atom stereocenters. The third kappa shape index (κ3) is 4.06. The van der Waals surface area contributed by atoms with Crippen molar-refractivity contribution in [3.63, 3.8) is 0 Å². The van der Waals surface area contributed by atoms with Crippen molar-refractivity contribution in [2.45, 2.75) is 31.4 Å². The normalized spacial score (nSPS) is 21.4. The molecule has 1 saturated heterocycles. The number of hydrogen-bond acceptors (Lipinski definition) is 4. The lowest BCUT2D eigenvalue weighted by atomic mass is 10.1. The van der Waals surface area contributed by atoms with Crippen LogP contribution in [0.2, 0.25) is 0 Å². The molecule has 0 saturated carbocycles. The summed E-state index contributed by atoms with van der Waals surface area (Å²) in [6.07, 6.45) is 2.08. The number of carboxylic acids is 1. The number of rotatable bonds is 7. The molecule has 1 aliphatic heterocycles. The predicted octanol–water partition coefficient (Wildman–Crippen LogP) is 0.909. The summed E-state index contributed by atoms with van der Waals surface area (Å²) in [6, 6.07) is -0.659. The van der Waals surface area contributed by atoms with Crippen LogP contribution in [-0.2, 0) is 9.53 Å². The van der Waals surface area contributed by atoms with Gasteiger partial charge in [-0.1, -0.05) is 5.11 Å². The summed E-state index contributed by atoms with van der Waals surface area (Å²) < 4.78 is 5.33. The molecular formula is C9H16N4O3. The van der Waals surface area contributed by atoms with Gasteiger partial charge < -0.3 is 15.2 Å². The third-order valence-corrected chi connectivity index (χ3v) is 2.47. The molecule has 0 bridgehead atoms. The highest BCUT2D eigenvalue weighted by Crippen LogP contribution is 2.15. The van der Waals surface area contributed by atoms with Crippen molar-refractivity contribution >= 4 is 5.97 Å². The molecule has 0 spiro atoms. The van der Waals surface area contributed by atoms with Crippen LogP contribution < -0.4 is 5.32 Å². The highest BCUT2D eigenvalue weighted by Gasteiger charge is 2.30. The zero-order chi connectivity index (χ0) is 11.8. The number of ether oxygens (including phenoxy) is 1. The van der Waals surface area contributed by atoms with Gasteiger partial charge in [0, 0.05) is 18.1 Å². The van der Waals surface area contributed by atoms with Crippen LogP contribution in [0, 0.1) is 0 Å². The lowest BCUT2D eigenvalue weighted by molar-refractivity contribution is -0.142. The maximum Gasteiger partial charge on any atom is 0.323 e. The van der Waals surface area contributed by atoms with Crippen molar-refractivity contribution in [3.8, 4) is 0 Å². The summed E-state index contributed by atoms with van der Waals surface area (Å²) in [5.41, 5.74) is 8.06. The quantitative estimate of drug-likeness (QED) is 0.292. The van der Waals surface area contributed by atoms with Gasteiger partial charge in [-0.05, 0) is 31.3 Å². The van der Waals surface area contributed by atoms with Gasteiger partial charge in [0.25, 0.3) is 0 Å². The van der Waals surface area contributed by atoms with Crippen LogP contribution in [0.25, 0.3) is 10.4 Å². The average Bonchev–Trinajstić information content (AvgIpc) is 2.76. The maximum absolute atomic E-state index is 11.0. The molecule has 0 aromatic carbocycles. The summed E-state index contributed by atoms with van der Waals surface area (Å²) in [5.74, 6) is -0.893. The molecule has 0 radical (unpaired) electrons. The van der Waals surface area contributed by atoms with E-state index in [1.54, 1.807) is 0 Å². The first-order chi connectivity index (χ1) is 7.75. The van der Waals surface area contributed by atoms with Crippen molar-refractivity contribution in [2.24, 2.45) is 5.11 Å². The second-order valence-corrected chi connectivity index (χ2v) is 3.63. The largest absolute Gasteiger partial charge is 0.480 e.